The van der Waals surface area contributed by atoms with Crippen LogP contribution in [0.15, 0.2) is 0 Å². The molecule has 1 N–H and O–H groups in total. The molecule has 0 rings (SSSR count). The molecule has 0 aliphatic heterocycles. The molecule has 0 saturated heterocycles. The monoisotopic (exact) mass is 270 g/mol. The van der Waals surface area contributed by atoms with Crippen LogP contribution in [-0.4, -0.2) is 25.0 Å². The highest BCUT2D eigenvalue weighted by atomic mass is 28.4. The van der Waals surface area contributed by atoms with E-state index in [2.05, 4.69) is 32.6 Å². The number of hydrogen-bond donors (Lipinski definition) is 1. The Bertz CT molecular complexity index is 311. The summed E-state index contributed by atoms with van der Waals surface area (Å²) in [5.74, 6) is 4.02. The summed E-state index contributed by atoms with van der Waals surface area (Å²) < 4.78 is 6.42. The predicted molar refractivity (Wildman–Crippen MR) is 77.0 cm³/mol. The molecule has 0 aromatic carbocycles. The number of hydrogen-bond acceptors (Lipinski definition) is 2. The maximum Gasteiger partial charge on any atom is 0.382 e. The van der Waals surface area contributed by atoms with E-state index in [1.165, 1.54) is 0 Å². The van der Waals surface area contributed by atoms with E-state index in [-0.39, 0.29) is 0 Å². The zero-order valence-electron chi connectivity index (χ0n) is 12.3. The molecule has 0 bridgehead atoms. The van der Waals surface area contributed by atoms with E-state index in [1.54, 1.807) is 0 Å². The first-order valence-corrected chi connectivity index (χ1v) is 9.42. The van der Waals surface area contributed by atoms with Crippen molar-refractivity contribution < 1.29 is 14.3 Å². The van der Waals surface area contributed by atoms with Gasteiger partial charge in [0.1, 0.15) is 5.60 Å². The molecule has 0 heterocycles. The van der Waals surface area contributed by atoms with Crippen molar-refractivity contribution in [3.63, 3.8) is 0 Å². The third kappa shape index (κ3) is 4.47. The molecule has 18 heavy (non-hydrogen) atoms. The summed E-state index contributed by atoms with van der Waals surface area (Å²) in [5.41, 5.74) is -0.577. The van der Waals surface area contributed by atoms with Gasteiger partial charge in [0.15, 0.2) is 8.32 Å². The lowest BCUT2D eigenvalue weighted by atomic mass is 9.98. The summed E-state index contributed by atoms with van der Waals surface area (Å²) >= 11 is 0. The molecule has 0 spiro atoms. The maximum atomic E-state index is 10.6. The van der Waals surface area contributed by atoms with Crippen LogP contribution in [0.4, 0.5) is 0 Å². The van der Waals surface area contributed by atoms with Crippen LogP contribution in [0.3, 0.4) is 0 Å². The maximum absolute atomic E-state index is 10.6. The minimum absolute atomic E-state index is 0.577. The molecule has 0 fully saturated rings. The SMILES string of the molecule is CCC(C#CC(=O)O)(CC)O[Si](CC)(CC)CC. The normalized spacial score (nSPS) is 11.8. The number of aliphatic carboxylic acids is 1. The molecule has 3 nitrogen and oxygen atoms in total. The van der Waals surface area contributed by atoms with E-state index in [0.717, 1.165) is 31.0 Å². The van der Waals surface area contributed by atoms with Gasteiger partial charge < -0.3 is 9.53 Å². The van der Waals surface area contributed by atoms with Crippen molar-refractivity contribution in [3.05, 3.63) is 0 Å². The Morgan fingerprint density at radius 3 is 1.83 bits per heavy atom. The Morgan fingerprint density at radius 1 is 1.11 bits per heavy atom. The molecule has 0 aromatic rings. The van der Waals surface area contributed by atoms with Crippen LogP contribution < -0.4 is 0 Å². The number of carbonyl (C=O) groups is 1. The van der Waals surface area contributed by atoms with E-state index in [4.69, 9.17) is 9.53 Å². The zero-order chi connectivity index (χ0) is 14.2. The molecule has 0 saturated carbocycles. The second kappa shape index (κ2) is 7.60. The van der Waals surface area contributed by atoms with Crippen molar-refractivity contribution in [3.8, 4) is 11.8 Å². The number of carboxylic acid groups (broad SMARTS) is 1. The van der Waals surface area contributed by atoms with Crippen LogP contribution in [0.5, 0.6) is 0 Å². The van der Waals surface area contributed by atoms with E-state index in [1.807, 2.05) is 13.8 Å². The van der Waals surface area contributed by atoms with E-state index < -0.39 is 19.9 Å². The second-order valence-electron chi connectivity index (χ2n) is 4.60. The van der Waals surface area contributed by atoms with Gasteiger partial charge in [-0.25, -0.2) is 4.79 Å². The molecule has 0 amide bonds. The molecule has 0 atom stereocenters. The topological polar surface area (TPSA) is 46.5 Å². The molecular formula is C14H26O3Si. The van der Waals surface area contributed by atoms with Crippen LogP contribution in [-0.2, 0) is 9.22 Å². The summed E-state index contributed by atoms with van der Waals surface area (Å²) in [4.78, 5) is 10.6. The summed E-state index contributed by atoms with van der Waals surface area (Å²) in [6.45, 7) is 10.5. The van der Waals surface area contributed by atoms with Gasteiger partial charge in [0.25, 0.3) is 0 Å². The fraction of sp³-hybridized carbons (Fsp3) is 0.786. The quantitative estimate of drug-likeness (QED) is 0.567. The lowest BCUT2D eigenvalue weighted by molar-refractivity contribution is -0.130. The van der Waals surface area contributed by atoms with Gasteiger partial charge in [0.05, 0.1) is 0 Å². The predicted octanol–water partition coefficient (Wildman–Crippen LogP) is 3.66. The first-order chi connectivity index (χ1) is 8.43. The van der Waals surface area contributed by atoms with Crippen molar-refractivity contribution in [1.82, 2.24) is 0 Å². The summed E-state index contributed by atoms with van der Waals surface area (Å²) in [6, 6.07) is 3.16. The van der Waals surface area contributed by atoms with Gasteiger partial charge in [0.2, 0.25) is 0 Å². The Labute approximate surface area is 112 Å². The number of carboxylic acids is 1. The zero-order valence-corrected chi connectivity index (χ0v) is 13.3. The highest BCUT2D eigenvalue weighted by Gasteiger charge is 2.38. The van der Waals surface area contributed by atoms with Crippen molar-refractivity contribution in [1.29, 1.82) is 0 Å². The van der Waals surface area contributed by atoms with Crippen molar-refractivity contribution in [2.75, 3.05) is 0 Å². The van der Waals surface area contributed by atoms with E-state index in [0.29, 0.717) is 0 Å². The fourth-order valence-electron chi connectivity index (χ4n) is 2.14. The molecule has 0 radical (unpaired) electrons. The molecule has 0 aromatic heterocycles. The third-order valence-corrected chi connectivity index (χ3v) is 8.57. The minimum atomic E-state index is -1.76. The second-order valence-corrected chi connectivity index (χ2v) is 9.29. The summed E-state index contributed by atoms with van der Waals surface area (Å²) in [5, 5.41) is 8.72. The minimum Gasteiger partial charge on any atom is -0.472 e. The third-order valence-electron chi connectivity index (χ3n) is 3.88. The first-order valence-electron chi connectivity index (χ1n) is 6.89. The first kappa shape index (κ1) is 17.2. The van der Waals surface area contributed by atoms with Crippen LogP contribution in [0, 0.1) is 11.8 Å². The van der Waals surface area contributed by atoms with Gasteiger partial charge in [0, 0.05) is 5.92 Å². The largest absolute Gasteiger partial charge is 0.472 e. The van der Waals surface area contributed by atoms with Crippen LogP contribution >= 0.6 is 0 Å². The highest BCUT2D eigenvalue weighted by Crippen LogP contribution is 2.31. The van der Waals surface area contributed by atoms with Gasteiger partial charge in [-0.1, -0.05) is 40.5 Å². The van der Waals surface area contributed by atoms with Gasteiger partial charge >= 0.3 is 5.97 Å². The summed E-state index contributed by atoms with van der Waals surface area (Å²) in [7, 11) is -1.76. The van der Waals surface area contributed by atoms with Crippen LogP contribution in [0.1, 0.15) is 47.5 Å². The van der Waals surface area contributed by atoms with E-state index >= 15 is 0 Å². The smallest absolute Gasteiger partial charge is 0.382 e. The lowest BCUT2D eigenvalue weighted by Crippen LogP contribution is -2.46. The van der Waals surface area contributed by atoms with Crippen molar-refractivity contribution in [2.24, 2.45) is 0 Å². The molecule has 0 unspecified atom stereocenters. The van der Waals surface area contributed by atoms with Crippen molar-refractivity contribution >= 4 is 14.3 Å². The van der Waals surface area contributed by atoms with Gasteiger partial charge in [-0.3, -0.25) is 0 Å². The molecule has 0 aliphatic rings. The lowest BCUT2D eigenvalue weighted by Gasteiger charge is -2.38. The molecule has 4 heteroatoms. The van der Waals surface area contributed by atoms with E-state index in [9.17, 15) is 4.79 Å². The van der Waals surface area contributed by atoms with Crippen LogP contribution in [0.2, 0.25) is 18.1 Å². The summed E-state index contributed by atoms with van der Waals surface area (Å²) in [6.07, 6.45) is 1.47. The van der Waals surface area contributed by atoms with Crippen molar-refractivity contribution in [2.45, 2.75) is 71.2 Å². The fourth-order valence-corrected chi connectivity index (χ4v) is 5.25. The Morgan fingerprint density at radius 2 is 1.56 bits per heavy atom. The van der Waals surface area contributed by atoms with Gasteiger partial charge in [-0.15, -0.1) is 0 Å². The van der Waals surface area contributed by atoms with Gasteiger partial charge in [-0.2, -0.15) is 0 Å². The Kier molecular flexibility index (Phi) is 7.26. The van der Waals surface area contributed by atoms with Crippen LogP contribution in [0.25, 0.3) is 0 Å². The van der Waals surface area contributed by atoms with Gasteiger partial charge in [-0.05, 0) is 31.0 Å². The average Bonchev–Trinajstić information content (AvgIpc) is 2.40. The average molecular weight is 270 g/mol. The molecule has 104 valence electrons. The number of rotatable bonds is 7. The molecule has 0 aliphatic carbocycles. The Hall–Kier alpha value is -0.793. The Balaban J connectivity index is 5.25. The highest BCUT2D eigenvalue weighted by molar-refractivity contribution is 6.73. The standard InChI is InChI=1S/C14H26O3Si/c1-6-14(7-2,12-11-13(15)16)17-18(8-3,9-4)10-5/h6-10H2,1-5H3,(H,15,16). The molecular weight excluding hydrogens is 244 g/mol.